The average Bonchev–Trinajstić information content (AvgIpc) is 2.25. The molecule has 1 aromatic carbocycles. The maximum Gasteiger partial charge on any atom is 0.416 e. The van der Waals surface area contributed by atoms with Gasteiger partial charge in [-0.2, -0.15) is 13.2 Å². The molecule has 0 aromatic heterocycles. The summed E-state index contributed by atoms with van der Waals surface area (Å²) in [5, 5.41) is 9.50. The Morgan fingerprint density at radius 2 is 1.63 bits per heavy atom. The summed E-state index contributed by atoms with van der Waals surface area (Å²) in [6.45, 7) is 9.40. The molecule has 1 aromatic rings. The van der Waals surface area contributed by atoms with Crippen molar-refractivity contribution in [3.63, 3.8) is 0 Å². The van der Waals surface area contributed by atoms with E-state index in [9.17, 15) is 18.3 Å². The highest BCUT2D eigenvalue weighted by Gasteiger charge is 2.44. The van der Waals surface area contributed by atoms with Gasteiger partial charge < -0.3 is 5.11 Å². The first kappa shape index (κ1) is 16.2. The molecule has 0 saturated heterocycles. The van der Waals surface area contributed by atoms with Crippen LogP contribution in [0.3, 0.4) is 0 Å². The van der Waals surface area contributed by atoms with Gasteiger partial charge in [0.2, 0.25) is 0 Å². The highest BCUT2D eigenvalue weighted by molar-refractivity contribution is 6.92. The summed E-state index contributed by atoms with van der Waals surface area (Å²) in [4.78, 5) is 0. The summed E-state index contributed by atoms with van der Waals surface area (Å²) in [5.41, 5.74) is -0.188. The van der Waals surface area contributed by atoms with Crippen molar-refractivity contribution in [1.82, 2.24) is 0 Å². The standard InChI is InChI=1S/C14H21F3OSi/c1-13(2,3)19(4,5)12-10(9-18)7-6-8-11(12)14(15,16)17/h6-8,18H,9H2,1-5H3. The number of aliphatic hydroxyl groups excluding tert-OH is 1. The van der Waals surface area contributed by atoms with Crippen molar-refractivity contribution in [1.29, 1.82) is 0 Å². The third-order valence-corrected chi connectivity index (χ3v) is 9.72. The highest BCUT2D eigenvalue weighted by atomic mass is 28.3. The molecule has 19 heavy (non-hydrogen) atoms. The van der Waals surface area contributed by atoms with E-state index in [0.29, 0.717) is 10.8 Å². The van der Waals surface area contributed by atoms with Crippen LogP contribution >= 0.6 is 0 Å². The van der Waals surface area contributed by atoms with E-state index in [-0.39, 0.29) is 11.6 Å². The molecule has 0 unspecified atom stereocenters. The van der Waals surface area contributed by atoms with E-state index in [0.717, 1.165) is 6.07 Å². The molecule has 1 nitrogen and oxygen atoms in total. The first-order valence-corrected chi connectivity index (χ1v) is 9.23. The van der Waals surface area contributed by atoms with Gasteiger partial charge in [0.05, 0.1) is 20.2 Å². The minimum absolute atomic E-state index is 0.224. The molecular weight excluding hydrogens is 269 g/mol. The van der Waals surface area contributed by atoms with Crippen LogP contribution in [0.15, 0.2) is 18.2 Å². The second kappa shape index (κ2) is 4.94. The van der Waals surface area contributed by atoms with Gasteiger partial charge in [0, 0.05) is 0 Å². The maximum atomic E-state index is 13.2. The molecule has 0 atom stereocenters. The zero-order chi connectivity index (χ0) is 15.1. The smallest absolute Gasteiger partial charge is 0.392 e. The molecule has 0 amide bonds. The number of hydrogen-bond donors (Lipinski definition) is 1. The number of halogens is 3. The Hall–Kier alpha value is -0.813. The third-order valence-electron chi connectivity index (χ3n) is 4.13. The van der Waals surface area contributed by atoms with E-state index >= 15 is 0 Å². The molecule has 0 fully saturated rings. The van der Waals surface area contributed by atoms with E-state index < -0.39 is 19.8 Å². The van der Waals surface area contributed by atoms with Crippen LogP contribution in [0.2, 0.25) is 18.1 Å². The Balaban J connectivity index is 3.65. The van der Waals surface area contributed by atoms with Crippen LogP contribution in [0.25, 0.3) is 0 Å². The van der Waals surface area contributed by atoms with Gasteiger partial charge in [-0.1, -0.05) is 52.1 Å². The monoisotopic (exact) mass is 290 g/mol. The van der Waals surface area contributed by atoms with E-state index in [4.69, 9.17) is 0 Å². The van der Waals surface area contributed by atoms with E-state index in [1.165, 1.54) is 6.07 Å². The van der Waals surface area contributed by atoms with Crippen LogP contribution in [-0.2, 0) is 12.8 Å². The number of aliphatic hydroxyl groups is 1. The Bertz CT molecular complexity index is 459. The summed E-state index contributed by atoms with van der Waals surface area (Å²) in [6, 6.07) is 4.07. The van der Waals surface area contributed by atoms with Crippen molar-refractivity contribution < 1.29 is 18.3 Å². The van der Waals surface area contributed by atoms with Crippen molar-refractivity contribution in [3.05, 3.63) is 29.3 Å². The van der Waals surface area contributed by atoms with Crippen LogP contribution in [0, 0.1) is 0 Å². The molecule has 1 N–H and O–H groups in total. The summed E-state index contributed by atoms with van der Waals surface area (Å²) in [6.07, 6.45) is -4.38. The zero-order valence-electron chi connectivity index (χ0n) is 12.0. The first-order valence-electron chi connectivity index (χ1n) is 6.23. The fourth-order valence-corrected chi connectivity index (χ4v) is 4.69. The molecule has 5 heteroatoms. The summed E-state index contributed by atoms with van der Waals surface area (Å²) in [7, 11) is -2.38. The van der Waals surface area contributed by atoms with Crippen molar-refractivity contribution in [3.8, 4) is 0 Å². The van der Waals surface area contributed by atoms with Gasteiger partial charge in [0.25, 0.3) is 0 Å². The van der Waals surface area contributed by atoms with Crippen LogP contribution in [0.5, 0.6) is 0 Å². The van der Waals surface area contributed by atoms with Crippen molar-refractivity contribution in [2.75, 3.05) is 0 Å². The minimum atomic E-state index is -4.38. The van der Waals surface area contributed by atoms with Crippen LogP contribution in [0.1, 0.15) is 31.9 Å². The molecule has 0 aliphatic rings. The Labute approximate surface area is 113 Å². The van der Waals surface area contributed by atoms with Crippen LogP contribution in [-0.4, -0.2) is 13.2 Å². The summed E-state index contributed by atoms with van der Waals surface area (Å²) >= 11 is 0. The predicted octanol–water partition coefficient (Wildman–Crippen LogP) is 3.91. The van der Waals surface area contributed by atoms with Crippen LogP contribution < -0.4 is 5.19 Å². The number of benzene rings is 1. The lowest BCUT2D eigenvalue weighted by Gasteiger charge is -2.40. The van der Waals surface area contributed by atoms with Crippen molar-refractivity contribution in [2.24, 2.45) is 0 Å². The Morgan fingerprint density at radius 1 is 1.11 bits per heavy atom. The van der Waals surface area contributed by atoms with Gasteiger partial charge in [0.1, 0.15) is 0 Å². The van der Waals surface area contributed by atoms with Crippen molar-refractivity contribution >= 4 is 13.3 Å². The maximum absolute atomic E-state index is 13.2. The first-order chi connectivity index (χ1) is 8.43. The number of rotatable bonds is 2. The second-order valence-electron chi connectivity index (χ2n) is 6.37. The van der Waals surface area contributed by atoms with Crippen LogP contribution in [0.4, 0.5) is 13.2 Å². The summed E-state index contributed by atoms with van der Waals surface area (Å²) in [5.74, 6) is 0. The molecule has 0 aliphatic heterocycles. The molecule has 0 bridgehead atoms. The fourth-order valence-electron chi connectivity index (χ4n) is 2.08. The highest BCUT2D eigenvalue weighted by Crippen LogP contribution is 2.39. The lowest BCUT2D eigenvalue weighted by Crippen LogP contribution is -2.53. The molecular formula is C14H21F3OSi. The third kappa shape index (κ3) is 3.03. The second-order valence-corrected chi connectivity index (χ2v) is 11.6. The van der Waals surface area contributed by atoms with Gasteiger partial charge in [-0.3, -0.25) is 0 Å². The Kier molecular flexibility index (Phi) is 4.22. The Morgan fingerprint density at radius 3 is 2.00 bits per heavy atom. The molecule has 0 spiro atoms. The van der Waals surface area contributed by atoms with E-state index in [2.05, 4.69) is 0 Å². The van der Waals surface area contributed by atoms with Gasteiger partial charge in [-0.05, 0) is 15.8 Å². The number of hydrogen-bond acceptors (Lipinski definition) is 1. The summed E-state index contributed by atoms with van der Waals surface area (Å²) < 4.78 is 39.7. The van der Waals surface area contributed by atoms with E-state index in [1.807, 2.05) is 33.9 Å². The minimum Gasteiger partial charge on any atom is -0.392 e. The fraction of sp³-hybridized carbons (Fsp3) is 0.571. The van der Waals surface area contributed by atoms with Crippen molar-refractivity contribution in [2.45, 2.75) is 51.7 Å². The topological polar surface area (TPSA) is 20.2 Å². The average molecular weight is 290 g/mol. The van der Waals surface area contributed by atoms with Gasteiger partial charge in [-0.25, -0.2) is 0 Å². The van der Waals surface area contributed by atoms with E-state index in [1.54, 1.807) is 6.07 Å². The lowest BCUT2D eigenvalue weighted by atomic mass is 10.1. The predicted molar refractivity (Wildman–Crippen MR) is 74.2 cm³/mol. The quantitative estimate of drug-likeness (QED) is 0.819. The largest absolute Gasteiger partial charge is 0.416 e. The molecule has 0 radical (unpaired) electrons. The molecule has 1 rings (SSSR count). The zero-order valence-corrected chi connectivity index (χ0v) is 13.0. The number of alkyl halides is 3. The molecule has 108 valence electrons. The SMILES string of the molecule is CC(C)(C)[Si](C)(C)c1c(CO)cccc1C(F)(F)F. The normalized spacial score (nSPS) is 13.7. The molecule has 0 aliphatic carbocycles. The lowest BCUT2D eigenvalue weighted by molar-refractivity contribution is -0.136. The van der Waals surface area contributed by atoms with Gasteiger partial charge in [0.15, 0.2) is 0 Å². The van der Waals surface area contributed by atoms with Gasteiger partial charge in [-0.15, -0.1) is 0 Å². The molecule has 0 saturated carbocycles. The molecule has 0 heterocycles. The van der Waals surface area contributed by atoms with Gasteiger partial charge >= 0.3 is 6.18 Å².